The number of anilines is 2. The molecule has 0 saturated heterocycles. The highest BCUT2D eigenvalue weighted by Gasteiger charge is 2.27. The van der Waals surface area contributed by atoms with Crippen LogP contribution in [0.15, 0.2) is 59.1 Å². The molecule has 0 aliphatic rings. The second kappa shape index (κ2) is 10.4. The zero-order valence-electron chi connectivity index (χ0n) is 18.2. The largest absolute Gasteiger partial charge is 0.467 e. The third kappa shape index (κ3) is 5.94. The van der Waals surface area contributed by atoms with E-state index in [2.05, 4.69) is 21.1 Å². The Labute approximate surface area is 189 Å². The number of para-hydroxylation sites is 1. The van der Waals surface area contributed by atoms with Gasteiger partial charge in [-0.05, 0) is 30.2 Å². The summed E-state index contributed by atoms with van der Waals surface area (Å²) in [6.45, 7) is 3.56. The number of hydrogen-bond donors (Lipinski definition) is 3. The second-order valence-corrected chi connectivity index (χ2v) is 7.43. The number of nitrogens with one attached hydrogen (secondary N) is 3. The molecule has 3 aromatic rings. The number of aromatic nitrogens is 1. The summed E-state index contributed by atoms with van der Waals surface area (Å²) in [4.78, 5) is 36.4. The fourth-order valence-corrected chi connectivity index (χ4v) is 2.93. The van der Waals surface area contributed by atoms with Crippen molar-refractivity contribution in [3.05, 3.63) is 66.2 Å². The van der Waals surface area contributed by atoms with Gasteiger partial charge in [0.25, 0.3) is 5.91 Å². The highest BCUT2D eigenvalue weighted by molar-refractivity contribution is 6.00. The van der Waals surface area contributed by atoms with Gasteiger partial charge in [-0.15, -0.1) is 0 Å². The molecule has 0 unspecified atom stereocenters. The van der Waals surface area contributed by atoms with Crippen molar-refractivity contribution in [3.8, 4) is 11.3 Å². The lowest BCUT2D eigenvalue weighted by Crippen LogP contribution is -2.44. The maximum Gasteiger partial charge on any atom is 0.328 e. The van der Waals surface area contributed by atoms with Crippen LogP contribution in [-0.4, -0.2) is 36.2 Å². The number of halogens is 1. The summed E-state index contributed by atoms with van der Waals surface area (Å²) >= 11 is 0. The van der Waals surface area contributed by atoms with Crippen LogP contribution in [0, 0.1) is 11.7 Å². The summed E-state index contributed by atoms with van der Waals surface area (Å²) < 4.78 is 23.5. The molecule has 0 fully saturated rings. The molecular formula is C23H23FN4O5. The van der Waals surface area contributed by atoms with E-state index in [4.69, 9.17) is 9.26 Å². The first-order valence-electron chi connectivity index (χ1n) is 10.1. The van der Waals surface area contributed by atoms with Crippen molar-refractivity contribution in [2.45, 2.75) is 19.9 Å². The fraction of sp³-hybridized carbons (Fsp3) is 0.217. The number of methoxy groups -OCH3 is 1. The third-order valence-electron chi connectivity index (χ3n) is 4.70. The molecule has 2 aromatic carbocycles. The minimum Gasteiger partial charge on any atom is -0.467 e. The van der Waals surface area contributed by atoms with E-state index in [-0.39, 0.29) is 17.4 Å². The van der Waals surface area contributed by atoms with Crippen molar-refractivity contribution >= 4 is 29.3 Å². The average molecular weight is 454 g/mol. The molecule has 0 aliphatic carbocycles. The Morgan fingerprint density at radius 2 is 1.73 bits per heavy atom. The van der Waals surface area contributed by atoms with E-state index < -0.39 is 29.8 Å². The van der Waals surface area contributed by atoms with Crippen molar-refractivity contribution in [2.75, 3.05) is 17.7 Å². The van der Waals surface area contributed by atoms with Crippen LogP contribution in [0.4, 0.5) is 20.6 Å². The predicted octanol–water partition coefficient (Wildman–Crippen LogP) is 4.05. The van der Waals surface area contributed by atoms with Crippen molar-refractivity contribution < 1.29 is 28.0 Å². The lowest BCUT2D eigenvalue weighted by Gasteiger charge is -2.18. The van der Waals surface area contributed by atoms with Crippen molar-refractivity contribution in [1.82, 2.24) is 10.5 Å². The van der Waals surface area contributed by atoms with Crippen LogP contribution in [0.3, 0.4) is 0 Å². The normalized spacial score (nSPS) is 11.5. The number of rotatable bonds is 7. The van der Waals surface area contributed by atoms with E-state index in [1.165, 1.54) is 31.4 Å². The van der Waals surface area contributed by atoms with Gasteiger partial charge in [-0.25, -0.2) is 14.0 Å². The van der Waals surface area contributed by atoms with E-state index in [1.54, 1.807) is 44.2 Å². The molecule has 33 heavy (non-hydrogen) atoms. The Hall–Kier alpha value is -4.21. The molecule has 1 heterocycles. The number of hydrogen-bond acceptors (Lipinski definition) is 6. The van der Waals surface area contributed by atoms with E-state index in [0.717, 1.165) is 0 Å². The second-order valence-electron chi connectivity index (χ2n) is 7.43. The minimum atomic E-state index is -0.822. The topological polar surface area (TPSA) is 123 Å². The van der Waals surface area contributed by atoms with Crippen LogP contribution in [0.2, 0.25) is 0 Å². The SMILES string of the molecule is COC(=O)[C@H](NC(=O)c1cc(-c2ccc(NC(=O)Nc3ccccc3F)cc2)no1)C(C)C. The highest BCUT2D eigenvalue weighted by atomic mass is 19.1. The van der Waals surface area contributed by atoms with E-state index in [1.807, 2.05) is 0 Å². The molecule has 3 amide bonds. The molecule has 0 radical (unpaired) electrons. The molecule has 3 N–H and O–H groups in total. The first kappa shape index (κ1) is 23.5. The summed E-state index contributed by atoms with van der Waals surface area (Å²) in [5.41, 5.74) is 1.55. The van der Waals surface area contributed by atoms with Gasteiger partial charge in [-0.3, -0.25) is 4.79 Å². The van der Waals surface area contributed by atoms with Gasteiger partial charge in [0.15, 0.2) is 0 Å². The lowest BCUT2D eigenvalue weighted by molar-refractivity contribution is -0.144. The zero-order valence-corrected chi connectivity index (χ0v) is 18.2. The van der Waals surface area contributed by atoms with Crippen molar-refractivity contribution in [3.63, 3.8) is 0 Å². The molecule has 0 bridgehead atoms. The molecule has 0 aliphatic heterocycles. The zero-order chi connectivity index (χ0) is 24.0. The van der Waals surface area contributed by atoms with Gasteiger partial charge in [-0.1, -0.05) is 43.3 Å². The quantitative estimate of drug-likeness (QED) is 0.463. The van der Waals surface area contributed by atoms with Gasteiger partial charge < -0.3 is 25.2 Å². The van der Waals surface area contributed by atoms with Gasteiger partial charge >= 0.3 is 12.0 Å². The number of amides is 3. The van der Waals surface area contributed by atoms with Crippen LogP contribution in [0.5, 0.6) is 0 Å². The van der Waals surface area contributed by atoms with Crippen LogP contribution < -0.4 is 16.0 Å². The van der Waals surface area contributed by atoms with E-state index in [0.29, 0.717) is 16.9 Å². The maximum absolute atomic E-state index is 13.6. The van der Waals surface area contributed by atoms with Gasteiger partial charge in [0.05, 0.1) is 12.8 Å². The predicted molar refractivity (Wildman–Crippen MR) is 119 cm³/mol. The number of carbonyl (C=O) groups excluding carboxylic acids is 3. The van der Waals surface area contributed by atoms with E-state index in [9.17, 15) is 18.8 Å². The fourth-order valence-electron chi connectivity index (χ4n) is 2.93. The molecule has 10 heteroatoms. The number of urea groups is 1. The summed E-state index contributed by atoms with van der Waals surface area (Å²) in [7, 11) is 1.25. The van der Waals surface area contributed by atoms with Gasteiger partial charge in [0, 0.05) is 17.3 Å². The summed E-state index contributed by atoms with van der Waals surface area (Å²) in [5.74, 6) is -1.94. The number of esters is 1. The van der Waals surface area contributed by atoms with Crippen molar-refractivity contribution in [1.29, 1.82) is 0 Å². The maximum atomic E-state index is 13.6. The number of ether oxygens (including phenoxy) is 1. The molecule has 3 rings (SSSR count). The van der Waals surface area contributed by atoms with Crippen LogP contribution in [0.25, 0.3) is 11.3 Å². The molecular weight excluding hydrogens is 431 g/mol. The highest BCUT2D eigenvalue weighted by Crippen LogP contribution is 2.22. The molecule has 0 saturated carbocycles. The number of nitrogens with zero attached hydrogens (tertiary/aromatic N) is 1. The van der Waals surface area contributed by atoms with Gasteiger partial charge in [0.2, 0.25) is 5.76 Å². The Morgan fingerprint density at radius 1 is 1.03 bits per heavy atom. The number of carbonyl (C=O) groups is 3. The number of benzene rings is 2. The lowest BCUT2D eigenvalue weighted by atomic mass is 10.0. The minimum absolute atomic E-state index is 0.0620. The third-order valence-corrected chi connectivity index (χ3v) is 4.70. The standard InChI is InChI=1S/C23H23FN4O5/c1-13(2)20(22(30)32-3)27-21(29)19-12-18(28-33-19)14-8-10-15(11-9-14)25-23(31)26-17-7-5-4-6-16(17)24/h4-13,20H,1-3H3,(H,27,29)(H2,25,26,31)/t20-/m1/s1. The summed E-state index contributed by atoms with van der Waals surface area (Å²) in [6, 6.07) is 12.4. The van der Waals surface area contributed by atoms with Gasteiger partial charge in [0.1, 0.15) is 17.6 Å². The Morgan fingerprint density at radius 3 is 2.36 bits per heavy atom. The smallest absolute Gasteiger partial charge is 0.328 e. The van der Waals surface area contributed by atoms with E-state index >= 15 is 0 Å². The Kier molecular flexibility index (Phi) is 7.39. The summed E-state index contributed by atoms with van der Waals surface area (Å²) in [5, 5.41) is 11.5. The molecule has 172 valence electrons. The Balaban J connectivity index is 1.63. The van der Waals surface area contributed by atoms with Crippen LogP contribution >= 0.6 is 0 Å². The van der Waals surface area contributed by atoms with Crippen LogP contribution in [-0.2, 0) is 9.53 Å². The molecule has 1 aromatic heterocycles. The summed E-state index contributed by atoms with van der Waals surface area (Å²) in [6.07, 6.45) is 0. The van der Waals surface area contributed by atoms with Crippen molar-refractivity contribution in [2.24, 2.45) is 5.92 Å². The first-order chi connectivity index (χ1) is 15.8. The molecule has 0 spiro atoms. The molecule has 1 atom stereocenters. The van der Waals surface area contributed by atoms with Gasteiger partial charge in [-0.2, -0.15) is 0 Å². The average Bonchev–Trinajstić information content (AvgIpc) is 3.29. The monoisotopic (exact) mass is 454 g/mol. The molecule has 9 nitrogen and oxygen atoms in total. The Bertz CT molecular complexity index is 1140. The first-order valence-corrected chi connectivity index (χ1v) is 10.1. The van der Waals surface area contributed by atoms with Crippen LogP contribution in [0.1, 0.15) is 24.4 Å².